The molecule has 0 amide bonds. The van der Waals surface area contributed by atoms with Crippen molar-refractivity contribution < 1.29 is 13.9 Å². The van der Waals surface area contributed by atoms with Crippen molar-refractivity contribution in [2.75, 3.05) is 62.4 Å². The van der Waals surface area contributed by atoms with Gasteiger partial charge in [0.1, 0.15) is 22.6 Å². The van der Waals surface area contributed by atoms with Gasteiger partial charge < -0.3 is 24.3 Å². The van der Waals surface area contributed by atoms with Gasteiger partial charge in [0.2, 0.25) is 0 Å². The second kappa shape index (κ2) is 14.2. The summed E-state index contributed by atoms with van der Waals surface area (Å²) in [6, 6.07) is 16.2. The third-order valence-corrected chi connectivity index (χ3v) is 8.01. The van der Waals surface area contributed by atoms with Crippen molar-refractivity contribution in [1.29, 1.82) is 0 Å². The van der Waals surface area contributed by atoms with Gasteiger partial charge in [0.25, 0.3) is 0 Å². The van der Waals surface area contributed by atoms with Gasteiger partial charge in [-0.1, -0.05) is 11.6 Å². The number of H-pyrrole nitrogens is 1. The quantitative estimate of drug-likeness (QED) is 0.233. The van der Waals surface area contributed by atoms with E-state index in [1.807, 2.05) is 36.4 Å². The van der Waals surface area contributed by atoms with Gasteiger partial charge in [0.05, 0.1) is 32.1 Å². The molecule has 0 saturated carbocycles. The van der Waals surface area contributed by atoms with Crippen LogP contribution in [-0.2, 0) is 9.47 Å². The van der Waals surface area contributed by atoms with Crippen LogP contribution in [0.15, 0.2) is 85.6 Å². The van der Waals surface area contributed by atoms with E-state index in [1.54, 1.807) is 37.1 Å². The number of benzene rings is 1. The van der Waals surface area contributed by atoms with Gasteiger partial charge in [-0.2, -0.15) is 0 Å². The van der Waals surface area contributed by atoms with Crippen molar-refractivity contribution in [2.45, 2.75) is 0 Å². The number of aromatic nitrogens is 7. The molecule has 7 heterocycles. The normalized spacial score (nSPS) is 14.9. The minimum Gasteiger partial charge on any atom is -0.378 e. The maximum atomic E-state index is 14.2. The summed E-state index contributed by atoms with van der Waals surface area (Å²) in [7, 11) is 0. The fraction of sp³-hybridized carbons (Fsp3) is 0.235. The average molecular weight is 652 g/mol. The highest BCUT2D eigenvalue weighted by Crippen LogP contribution is 2.32. The van der Waals surface area contributed by atoms with Gasteiger partial charge in [-0.15, -0.1) is 0 Å². The Kier molecular flexibility index (Phi) is 9.22. The fourth-order valence-electron chi connectivity index (χ4n) is 5.48. The molecule has 6 aromatic rings. The Morgan fingerprint density at radius 3 is 1.89 bits per heavy atom. The van der Waals surface area contributed by atoms with Gasteiger partial charge >= 0.3 is 0 Å². The molecule has 5 aromatic heterocycles. The number of nitrogens with one attached hydrogen (secondary N) is 1. The molecule has 8 rings (SSSR count). The predicted molar refractivity (Wildman–Crippen MR) is 179 cm³/mol. The Balaban J connectivity index is 0.000000161. The number of nitrogens with zero attached hydrogens (tertiary/aromatic N) is 8. The summed E-state index contributed by atoms with van der Waals surface area (Å²) in [4.78, 5) is 34.0. The van der Waals surface area contributed by atoms with Crippen molar-refractivity contribution in [1.82, 2.24) is 34.9 Å². The van der Waals surface area contributed by atoms with E-state index in [-0.39, 0.29) is 5.82 Å². The summed E-state index contributed by atoms with van der Waals surface area (Å²) in [5.74, 6) is 2.50. The molecule has 0 bridgehead atoms. The van der Waals surface area contributed by atoms with Crippen LogP contribution >= 0.6 is 11.6 Å². The summed E-state index contributed by atoms with van der Waals surface area (Å²) in [5.41, 5.74) is 3.84. The Hall–Kier alpha value is -5.04. The van der Waals surface area contributed by atoms with E-state index < -0.39 is 0 Å². The van der Waals surface area contributed by atoms with Crippen molar-refractivity contribution >= 4 is 34.1 Å². The molecule has 13 heteroatoms. The van der Waals surface area contributed by atoms with E-state index in [4.69, 9.17) is 31.0 Å². The zero-order chi connectivity index (χ0) is 32.0. The standard InChI is InChI=1S/C21H18FN5O.C13H13ClN4O/c22-15-10-17(16-3-5-24-18(16)11-15)19-12-20(27-6-8-28-9-7-27)26-21(25-19)14-2-1-4-23-13-14;14-11-8-12(18-4-6-19-7-5-18)17-13(16-11)10-2-1-3-15-9-10/h1-5,10-13,24H,6-9H2;1-3,8-9H,4-7H2. The van der Waals surface area contributed by atoms with E-state index in [0.29, 0.717) is 48.9 Å². The van der Waals surface area contributed by atoms with Crippen molar-refractivity contribution in [2.24, 2.45) is 0 Å². The molecule has 47 heavy (non-hydrogen) atoms. The first-order valence-electron chi connectivity index (χ1n) is 15.3. The van der Waals surface area contributed by atoms with Crippen molar-refractivity contribution in [3.8, 4) is 34.0 Å². The molecule has 2 saturated heterocycles. The molecule has 0 spiro atoms. The van der Waals surface area contributed by atoms with Gasteiger partial charge in [-0.25, -0.2) is 24.3 Å². The second-order valence-electron chi connectivity index (χ2n) is 10.9. The van der Waals surface area contributed by atoms with Crippen LogP contribution < -0.4 is 9.80 Å². The number of rotatable bonds is 5. The Labute approximate surface area is 275 Å². The lowest BCUT2D eigenvalue weighted by atomic mass is 10.1. The first kappa shape index (κ1) is 30.6. The number of halogens is 2. The number of fused-ring (bicyclic) bond motifs is 1. The highest BCUT2D eigenvalue weighted by atomic mass is 35.5. The third kappa shape index (κ3) is 7.19. The van der Waals surface area contributed by atoms with Crippen molar-refractivity contribution in [3.05, 3.63) is 96.6 Å². The smallest absolute Gasteiger partial charge is 0.164 e. The SMILES string of the molecule is Clc1cc(N2CCOCC2)nc(-c2cccnc2)n1.Fc1cc(-c2cc(N3CCOCC3)nc(-c3cccnc3)n2)c2cc[nH]c2c1. The largest absolute Gasteiger partial charge is 0.378 e. The lowest BCUT2D eigenvalue weighted by Crippen LogP contribution is -2.36. The van der Waals surface area contributed by atoms with Crippen LogP contribution in [0.3, 0.4) is 0 Å². The van der Waals surface area contributed by atoms with Gasteiger partial charge in [0.15, 0.2) is 11.6 Å². The maximum absolute atomic E-state index is 14.2. The summed E-state index contributed by atoms with van der Waals surface area (Å²) in [6.45, 7) is 5.89. The molecule has 2 aliphatic heterocycles. The molecule has 238 valence electrons. The zero-order valence-corrected chi connectivity index (χ0v) is 26.1. The minimum absolute atomic E-state index is 0.306. The molecule has 0 radical (unpaired) electrons. The average Bonchev–Trinajstić information content (AvgIpc) is 3.61. The summed E-state index contributed by atoms with van der Waals surface area (Å²) < 4.78 is 25.0. The number of aromatic amines is 1. The van der Waals surface area contributed by atoms with Crippen molar-refractivity contribution in [3.63, 3.8) is 0 Å². The number of hydrogen-bond acceptors (Lipinski definition) is 10. The summed E-state index contributed by atoms with van der Waals surface area (Å²) >= 11 is 6.09. The lowest BCUT2D eigenvalue weighted by molar-refractivity contribution is 0.122. The number of ether oxygens (including phenoxy) is 2. The molecule has 2 aliphatic rings. The topological polar surface area (TPSA) is 118 Å². The number of hydrogen-bond donors (Lipinski definition) is 1. The molecule has 0 aliphatic carbocycles. The molecular weight excluding hydrogens is 621 g/mol. The first-order valence-corrected chi connectivity index (χ1v) is 15.7. The van der Waals surface area contributed by atoms with Crippen LogP contribution in [0.2, 0.25) is 5.15 Å². The minimum atomic E-state index is -0.306. The fourth-order valence-corrected chi connectivity index (χ4v) is 5.66. The van der Waals surface area contributed by atoms with Gasteiger partial charge in [0, 0.05) is 96.9 Å². The van der Waals surface area contributed by atoms with E-state index >= 15 is 0 Å². The molecule has 11 nitrogen and oxygen atoms in total. The Bertz CT molecular complexity index is 1950. The van der Waals surface area contributed by atoms with E-state index in [9.17, 15) is 4.39 Å². The van der Waals surface area contributed by atoms with E-state index in [2.05, 4.69) is 34.7 Å². The monoisotopic (exact) mass is 651 g/mol. The molecule has 0 atom stereocenters. The molecule has 1 aromatic carbocycles. The van der Waals surface area contributed by atoms with Crippen LogP contribution in [0, 0.1) is 5.82 Å². The summed E-state index contributed by atoms with van der Waals surface area (Å²) in [5, 5.41) is 1.36. The van der Waals surface area contributed by atoms with E-state index in [1.165, 1.54) is 12.1 Å². The van der Waals surface area contributed by atoms with Crippen LogP contribution in [0.4, 0.5) is 16.0 Å². The summed E-state index contributed by atoms with van der Waals surface area (Å²) in [6.07, 6.45) is 8.71. The third-order valence-electron chi connectivity index (χ3n) is 7.81. The highest BCUT2D eigenvalue weighted by Gasteiger charge is 2.19. The predicted octanol–water partition coefficient (Wildman–Crippen LogP) is 5.69. The maximum Gasteiger partial charge on any atom is 0.164 e. The van der Waals surface area contributed by atoms with Crippen LogP contribution in [0.25, 0.3) is 44.9 Å². The highest BCUT2D eigenvalue weighted by molar-refractivity contribution is 6.29. The lowest BCUT2D eigenvalue weighted by Gasteiger charge is -2.28. The van der Waals surface area contributed by atoms with Crippen LogP contribution in [-0.4, -0.2) is 87.5 Å². The Morgan fingerprint density at radius 1 is 0.702 bits per heavy atom. The zero-order valence-electron chi connectivity index (χ0n) is 25.4. The number of pyridine rings is 2. The van der Waals surface area contributed by atoms with Gasteiger partial charge in [-0.3, -0.25) is 9.97 Å². The molecule has 0 unspecified atom stereocenters. The van der Waals surface area contributed by atoms with Gasteiger partial charge in [-0.05, 0) is 42.5 Å². The molecular formula is C34H31ClFN9O2. The molecule has 1 N–H and O–H groups in total. The number of morpholine rings is 2. The Morgan fingerprint density at radius 2 is 1.30 bits per heavy atom. The first-order chi connectivity index (χ1) is 23.1. The van der Waals surface area contributed by atoms with Crippen LogP contribution in [0.1, 0.15) is 0 Å². The number of anilines is 2. The molecule has 2 fully saturated rings. The van der Waals surface area contributed by atoms with E-state index in [0.717, 1.165) is 65.4 Å². The van der Waals surface area contributed by atoms with Crippen LogP contribution in [0.5, 0.6) is 0 Å². The second-order valence-corrected chi connectivity index (χ2v) is 11.3.